The van der Waals surface area contributed by atoms with Gasteiger partial charge in [-0.25, -0.2) is 0 Å². The topological polar surface area (TPSA) is 70.6 Å². The molecule has 110 valence electrons. The molecule has 0 heterocycles. The Hall–Kier alpha value is -1.55. The third kappa shape index (κ3) is 4.23. The highest BCUT2D eigenvalue weighted by Gasteiger charge is 2.19. The van der Waals surface area contributed by atoms with Crippen LogP contribution in [0.3, 0.4) is 0 Å². The zero-order chi connectivity index (χ0) is 14.2. The van der Waals surface area contributed by atoms with Crippen molar-refractivity contribution in [1.29, 1.82) is 0 Å². The lowest BCUT2D eigenvalue weighted by molar-refractivity contribution is 0.315. The summed E-state index contributed by atoms with van der Waals surface area (Å²) in [5, 5.41) is 15.8. The molecular formula is C16H25N3O. The lowest BCUT2D eigenvalue weighted by atomic mass is 9.97. The molecule has 1 aromatic rings. The second kappa shape index (κ2) is 7.90. The van der Waals surface area contributed by atoms with Gasteiger partial charge in [-0.2, -0.15) is 0 Å². The Morgan fingerprint density at radius 2 is 1.85 bits per heavy atom. The van der Waals surface area contributed by atoms with Gasteiger partial charge < -0.3 is 16.3 Å². The van der Waals surface area contributed by atoms with Crippen molar-refractivity contribution in [2.45, 2.75) is 50.5 Å². The molecule has 4 nitrogen and oxygen atoms in total. The van der Waals surface area contributed by atoms with Crippen LogP contribution < -0.4 is 11.1 Å². The molecule has 0 saturated heterocycles. The Kier molecular flexibility index (Phi) is 5.87. The van der Waals surface area contributed by atoms with Crippen LogP contribution in [0.1, 0.15) is 50.0 Å². The summed E-state index contributed by atoms with van der Waals surface area (Å²) in [7, 11) is 0. The molecular weight excluding hydrogens is 250 g/mol. The minimum Gasteiger partial charge on any atom is -0.409 e. The maximum atomic E-state index is 8.98. The third-order valence-electron chi connectivity index (χ3n) is 4.14. The van der Waals surface area contributed by atoms with E-state index in [-0.39, 0.29) is 11.8 Å². The summed E-state index contributed by atoms with van der Waals surface area (Å²) in [6.07, 6.45) is 7.77. The lowest BCUT2D eigenvalue weighted by Crippen LogP contribution is -2.37. The first-order valence-electron chi connectivity index (χ1n) is 7.57. The van der Waals surface area contributed by atoms with E-state index in [1.54, 1.807) is 0 Å². The number of nitrogens with zero attached hydrogens (tertiary/aromatic N) is 1. The van der Waals surface area contributed by atoms with Crippen molar-refractivity contribution in [2.75, 3.05) is 6.54 Å². The predicted molar refractivity (Wildman–Crippen MR) is 82.1 cm³/mol. The van der Waals surface area contributed by atoms with Crippen molar-refractivity contribution in [3.05, 3.63) is 35.9 Å². The first-order chi connectivity index (χ1) is 9.81. The van der Waals surface area contributed by atoms with Gasteiger partial charge in [0.2, 0.25) is 0 Å². The van der Waals surface area contributed by atoms with Gasteiger partial charge in [0.15, 0.2) is 0 Å². The quantitative estimate of drug-likeness (QED) is 0.254. The van der Waals surface area contributed by atoms with Crippen LogP contribution in [-0.2, 0) is 0 Å². The Balaban J connectivity index is 1.98. The van der Waals surface area contributed by atoms with Crippen molar-refractivity contribution in [3.8, 4) is 0 Å². The summed E-state index contributed by atoms with van der Waals surface area (Å²) >= 11 is 0. The van der Waals surface area contributed by atoms with Gasteiger partial charge in [-0.3, -0.25) is 0 Å². The molecule has 0 aromatic heterocycles. The van der Waals surface area contributed by atoms with Crippen LogP contribution in [0.4, 0.5) is 0 Å². The molecule has 1 aromatic carbocycles. The molecule has 20 heavy (non-hydrogen) atoms. The number of hydrogen-bond donors (Lipinski definition) is 3. The maximum absolute atomic E-state index is 8.98. The average molecular weight is 275 g/mol. The molecule has 0 radical (unpaired) electrons. The van der Waals surface area contributed by atoms with E-state index in [0.29, 0.717) is 6.04 Å². The number of nitrogens with one attached hydrogen (secondary N) is 1. The van der Waals surface area contributed by atoms with E-state index in [4.69, 9.17) is 10.9 Å². The molecule has 0 amide bonds. The fourth-order valence-corrected chi connectivity index (χ4v) is 2.92. The molecule has 0 spiro atoms. The van der Waals surface area contributed by atoms with Crippen LogP contribution in [0.2, 0.25) is 0 Å². The zero-order valence-electron chi connectivity index (χ0n) is 12.0. The van der Waals surface area contributed by atoms with Crippen molar-refractivity contribution in [2.24, 2.45) is 10.9 Å². The number of rotatable bonds is 5. The van der Waals surface area contributed by atoms with Crippen molar-refractivity contribution < 1.29 is 5.21 Å². The Morgan fingerprint density at radius 3 is 2.45 bits per heavy atom. The second-order valence-corrected chi connectivity index (χ2v) is 5.58. The van der Waals surface area contributed by atoms with Crippen molar-refractivity contribution in [3.63, 3.8) is 0 Å². The molecule has 0 bridgehead atoms. The van der Waals surface area contributed by atoms with E-state index in [1.165, 1.54) is 38.5 Å². The Labute approximate surface area is 121 Å². The SMILES string of the molecule is NC(=NO)C(CNC1CCCCCC1)c1ccccc1. The van der Waals surface area contributed by atoms with E-state index in [2.05, 4.69) is 10.5 Å². The van der Waals surface area contributed by atoms with Gasteiger partial charge in [-0.05, 0) is 18.4 Å². The zero-order valence-corrected chi connectivity index (χ0v) is 12.0. The molecule has 0 aliphatic heterocycles. The van der Waals surface area contributed by atoms with Crippen LogP contribution in [0.5, 0.6) is 0 Å². The van der Waals surface area contributed by atoms with Crippen LogP contribution in [0.15, 0.2) is 35.5 Å². The summed E-state index contributed by atoms with van der Waals surface area (Å²) in [5.74, 6) is 0.210. The molecule has 2 rings (SSSR count). The highest BCUT2D eigenvalue weighted by molar-refractivity contribution is 5.87. The fourth-order valence-electron chi connectivity index (χ4n) is 2.92. The molecule has 4 N–H and O–H groups in total. The molecule has 1 aliphatic rings. The first kappa shape index (κ1) is 14.9. The van der Waals surface area contributed by atoms with Gasteiger partial charge >= 0.3 is 0 Å². The number of benzene rings is 1. The number of oxime groups is 1. The molecule has 1 fully saturated rings. The van der Waals surface area contributed by atoms with Crippen LogP contribution in [0, 0.1) is 0 Å². The van der Waals surface area contributed by atoms with E-state index >= 15 is 0 Å². The predicted octanol–water partition coefficient (Wildman–Crippen LogP) is 2.83. The van der Waals surface area contributed by atoms with E-state index < -0.39 is 0 Å². The second-order valence-electron chi connectivity index (χ2n) is 5.58. The van der Waals surface area contributed by atoms with E-state index in [0.717, 1.165) is 12.1 Å². The van der Waals surface area contributed by atoms with Crippen LogP contribution in [-0.4, -0.2) is 23.6 Å². The first-order valence-corrected chi connectivity index (χ1v) is 7.57. The highest BCUT2D eigenvalue weighted by Crippen LogP contribution is 2.19. The van der Waals surface area contributed by atoms with Crippen LogP contribution in [0.25, 0.3) is 0 Å². The standard InChI is InChI=1S/C16H25N3O/c17-16(19-20)15(13-8-4-3-5-9-13)12-18-14-10-6-1-2-7-11-14/h3-5,8-9,14-15,18,20H,1-2,6-7,10-12H2,(H2,17,19). The van der Waals surface area contributed by atoms with Crippen LogP contribution >= 0.6 is 0 Å². The van der Waals surface area contributed by atoms with E-state index in [9.17, 15) is 0 Å². The van der Waals surface area contributed by atoms with E-state index in [1.807, 2.05) is 30.3 Å². The average Bonchev–Trinajstić information content (AvgIpc) is 2.77. The minimum atomic E-state index is -0.0653. The number of hydrogen-bond acceptors (Lipinski definition) is 3. The summed E-state index contributed by atoms with van der Waals surface area (Å²) in [4.78, 5) is 0. The van der Waals surface area contributed by atoms with Gasteiger partial charge in [0.05, 0.1) is 5.92 Å². The van der Waals surface area contributed by atoms with Gasteiger partial charge in [-0.15, -0.1) is 0 Å². The molecule has 4 heteroatoms. The molecule has 1 unspecified atom stereocenters. The lowest BCUT2D eigenvalue weighted by Gasteiger charge is -2.21. The normalized spacial score (nSPS) is 19.5. The summed E-state index contributed by atoms with van der Waals surface area (Å²) in [5.41, 5.74) is 6.94. The van der Waals surface area contributed by atoms with Gasteiger partial charge in [0.25, 0.3) is 0 Å². The Morgan fingerprint density at radius 1 is 1.20 bits per heavy atom. The van der Waals surface area contributed by atoms with Crippen molar-refractivity contribution >= 4 is 5.84 Å². The number of nitrogens with two attached hydrogens (primary N) is 1. The number of amidine groups is 1. The molecule has 1 atom stereocenters. The molecule has 1 saturated carbocycles. The fraction of sp³-hybridized carbons (Fsp3) is 0.562. The van der Waals surface area contributed by atoms with Gasteiger partial charge in [-0.1, -0.05) is 61.2 Å². The monoisotopic (exact) mass is 275 g/mol. The summed E-state index contributed by atoms with van der Waals surface area (Å²) in [6.45, 7) is 0.727. The third-order valence-corrected chi connectivity index (χ3v) is 4.14. The minimum absolute atomic E-state index is 0.0653. The summed E-state index contributed by atoms with van der Waals surface area (Å²) < 4.78 is 0. The summed E-state index contributed by atoms with van der Waals surface area (Å²) in [6, 6.07) is 10.6. The molecule has 1 aliphatic carbocycles. The smallest absolute Gasteiger partial charge is 0.147 e. The largest absolute Gasteiger partial charge is 0.409 e. The van der Waals surface area contributed by atoms with Crippen molar-refractivity contribution in [1.82, 2.24) is 5.32 Å². The highest BCUT2D eigenvalue weighted by atomic mass is 16.4. The van der Waals surface area contributed by atoms with Gasteiger partial charge in [0.1, 0.15) is 5.84 Å². The Bertz CT molecular complexity index is 411. The van der Waals surface area contributed by atoms with Gasteiger partial charge in [0, 0.05) is 12.6 Å². The maximum Gasteiger partial charge on any atom is 0.147 e.